The van der Waals surface area contributed by atoms with Gasteiger partial charge in [-0.15, -0.1) is 0 Å². The van der Waals surface area contributed by atoms with E-state index in [2.05, 4.69) is 0 Å². The maximum Gasteiger partial charge on any atom is 0.123 e. The summed E-state index contributed by atoms with van der Waals surface area (Å²) in [7, 11) is -1.73. The second kappa shape index (κ2) is 6.13. The molecule has 0 nitrogen and oxygen atoms in total. The molecule has 0 saturated heterocycles. The van der Waals surface area contributed by atoms with E-state index in [9.17, 15) is 13.2 Å². The van der Waals surface area contributed by atoms with Gasteiger partial charge in [-0.1, -0.05) is 0 Å². The highest BCUT2D eigenvalue weighted by Gasteiger charge is 2.26. The third-order valence-electron chi connectivity index (χ3n) is 3.86. The second-order valence-corrected chi connectivity index (χ2v) is 8.53. The molecule has 0 aliphatic heterocycles. The van der Waals surface area contributed by atoms with Crippen LogP contribution in [-0.4, -0.2) is 6.26 Å². The SMILES string of the molecule is CS(c1ccc(F)cc1)(c1ccc(F)cc1)c1ccc(F)cc1. The van der Waals surface area contributed by atoms with E-state index in [0.717, 1.165) is 14.7 Å². The first-order chi connectivity index (χ1) is 11.0. The van der Waals surface area contributed by atoms with Crippen LogP contribution in [0.15, 0.2) is 87.5 Å². The van der Waals surface area contributed by atoms with E-state index in [4.69, 9.17) is 0 Å². The van der Waals surface area contributed by atoms with Crippen LogP contribution in [0.4, 0.5) is 13.2 Å². The van der Waals surface area contributed by atoms with Crippen LogP contribution in [0.2, 0.25) is 0 Å². The van der Waals surface area contributed by atoms with E-state index in [1.807, 2.05) is 6.26 Å². The zero-order valence-electron chi connectivity index (χ0n) is 12.5. The molecule has 118 valence electrons. The molecule has 0 bridgehead atoms. The quantitative estimate of drug-likeness (QED) is 0.550. The minimum absolute atomic E-state index is 0.311. The van der Waals surface area contributed by atoms with Gasteiger partial charge in [0.2, 0.25) is 0 Å². The Morgan fingerprint density at radius 1 is 0.478 bits per heavy atom. The van der Waals surface area contributed by atoms with E-state index < -0.39 is 10.0 Å². The van der Waals surface area contributed by atoms with Gasteiger partial charge in [0.25, 0.3) is 0 Å². The van der Waals surface area contributed by atoms with Crippen LogP contribution in [0.3, 0.4) is 0 Å². The topological polar surface area (TPSA) is 0 Å². The van der Waals surface area contributed by atoms with Crippen molar-refractivity contribution >= 4 is 10.0 Å². The van der Waals surface area contributed by atoms with Gasteiger partial charge in [0, 0.05) is 0 Å². The smallest absolute Gasteiger partial charge is 0.123 e. The molecule has 0 aliphatic carbocycles. The largest absolute Gasteiger partial charge is 0.207 e. The van der Waals surface area contributed by atoms with Gasteiger partial charge in [-0.05, 0) is 93.7 Å². The molecule has 0 unspecified atom stereocenters. The summed E-state index contributed by atoms with van der Waals surface area (Å²) >= 11 is 0. The molecular weight excluding hydrogens is 317 g/mol. The number of hydrogen-bond acceptors (Lipinski definition) is 0. The summed E-state index contributed by atoms with van der Waals surface area (Å²) in [6.45, 7) is 0. The summed E-state index contributed by atoms with van der Waals surface area (Å²) < 4.78 is 39.9. The lowest BCUT2D eigenvalue weighted by Crippen LogP contribution is -2.02. The van der Waals surface area contributed by atoms with Gasteiger partial charge in [-0.25, -0.2) is 13.2 Å². The van der Waals surface area contributed by atoms with Crippen LogP contribution in [0.25, 0.3) is 0 Å². The Morgan fingerprint density at radius 3 is 0.913 bits per heavy atom. The van der Waals surface area contributed by atoms with E-state index in [1.54, 1.807) is 36.4 Å². The zero-order valence-corrected chi connectivity index (χ0v) is 13.3. The van der Waals surface area contributed by atoms with E-state index >= 15 is 0 Å². The average molecular weight is 332 g/mol. The van der Waals surface area contributed by atoms with Crippen LogP contribution in [0, 0.1) is 17.5 Å². The lowest BCUT2D eigenvalue weighted by molar-refractivity contribution is 0.626. The predicted octanol–water partition coefficient (Wildman–Crippen LogP) is 6.02. The second-order valence-electron chi connectivity index (χ2n) is 5.28. The number of halogens is 3. The number of hydrogen-bond donors (Lipinski definition) is 0. The first-order valence-electron chi connectivity index (χ1n) is 7.05. The van der Waals surface area contributed by atoms with E-state index in [-0.39, 0.29) is 17.5 Å². The highest BCUT2D eigenvalue weighted by atomic mass is 32.3. The van der Waals surface area contributed by atoms with Gasteiger partial charge >= 0.3 is 0 Å². The predicted molar refractivity (Wildman–Crippen MR) is 87.5 cm³/mol. The molecule has 0 fully saturated rings. The normalized spacial score (nSPS) is 12.2. The lowest BCUT2D eigenvalue weighted by Gasteiger charge is -2.37. The first kappa shape index (κ1) is 15.7. The lowest BCUT2D eigenvalue weighted by atomic mass is 10.3. The fourth-order valence-corrected chi connectivity index (χ4v) is 5.39. The Balaban J connectivity index is 2.21. The van der Waals surface area contributed by atoms with Gasteiger partial charge in [0.05, 0.1) is 0 Å². The van der Waals surface area contributed by atoms with Crippen LogP contribution < -0.4 is 0 Å². The van der Waals surface area contributed by atoms with Crippen LogP contribution in [-0.2, 0) is 0 Å². The third-order valence-corrected chi connectivity index (χ3v) is 7.50. The molecular formula is C19H15F3S. The summed E-state index contributed by atoms with van der Waals surface area (Å²) in [5.74, 6) is -0.934. The standard InChI is InChI=1S/C19H15F3S/c1-23(17-8-2-14(20)3-9-17,18-10-4-15(21)5-11-18)19-12-6-16(22)7-13-19/h2-13H,1H3. The molecule has 4 heteroatoms. The molecule has 3 rings (SSSR count). The van der Waals surface area contributed by atoms with Gasteiger partial charge in [0.1, 0.15) is 17.5 Å². The maximum absolute atomic E-state index is 13.3. The van der Waals surface area contributed by atoms with Gasteiger partial charge in [-0.3, -0.25) is 0 Å². The van der Waals surface area contributed by atoms with E-state index in [1.165, 1.54) is 36.4 Å². The van der Waals surface area contributed by atoms with Crippen LogP contribution in [0.5, 0.6) is 0 Å². The zero-order chi connectivity index (χ0) is 16.4. The Bertz CT molecular complexity index is 683. The minimum atomic E-state index is -1.73. The Morgan fingerprint density at radius 2 is 0.696 bits per heavy atom. The molecule has 0 amide bonds. The molecule has 3 aromatic rings. The molecule has 3 aromatic carbocycles. The maximum atomic E-state index is 13.3. The summed E-state index contributed by atoms with van der Waals surface area (Å²) in [5.41, 5.74) is 0. The van der Waals surface area contributed by atoms with Crippen molar-refractivity contribution in [1.82, 2.24) is 0 Å². The third kappa shape index (κ3) is 2.99. The summed E-state index contributed by atoms with van der Waals surface area (Å²) in [6.07, 6.45) is 2.04. The van der Waals surface area contributed by atoms with Crippen molar-refractivity contribution in [1.29, 1.82) is 0 Å². The Labute approximate surface area is 134 Å². The van der Waals surface area contributed by atoms with E-state index in [0.29, 0.717) is 0 Å². The van der Waals surface area contributed by atoms with Gasteiger partial charge < -0.3 is 0 Å². The van der Waals surface area contributed by atoms with Crippen molar-refractivity contribution in [2.45, 2.75) is 14.7 Å². The van der Waals surface area contributed by atoms with Crippen molar-refractivity contribution in [2.24, 2.45) is 0 Å². The Kier molecular flexibility index (Phi) is 4.18. The monoisotopic (exact) mass is 332 g/mol. The van der Waals surface area contributed by atoms with Crippen molar-refractivity contribution in [2.75, 3.05) is 6.26 Å². The van der Waals surface area contributed by atoms with Crippen LogP contribution >= 0.6 is 10.0 Å². The summed E-state index contributed by atoms with van der Waals surface area (Å²) in [6, 6.07) is 18.9. The minimum Gasteiger partial charge on any atom is -0.207 e. The molecule has 0 aromatic heterocycles. The molecule has 0 N–H and O–H groups in total. The molecule has 0 aliphatic rings. The highest BCUT2D eigenvalue weighted by molar-refractivity contribution is 8.33. The molecule has 0 radical (unpaired) electrons. The molecule has 0 heterocycles. The molecule has 23 heavy (non-hydrogen) atoms. The summed E-state index contributed by atoms with van der Waals surface area (Å²) in [4.78, 5) is 2.78. The number of rotatable bonds is 3. The Hall–Kier alpha value is -2.20. The fourth-order valence-electron chi connectivity index (χ4n) is 2.53. The van der Waals surface area contributed by atoms with Crippen molar-refractivity contribution in [3.63, 3.8) is 0 Å². The first-order valence-corrected chi connectivity index (χ1v) is 9.09. The fraction of sp³-hybridized carbons (Fsp3) is 0.0526. The van der Waals surface area contributed by atoms with Gasteiger partial charge in [-0.2, -0.15) is 10.0 Å². The van der Waals surface area contributed by atoms with Crippen molar-refractivity contribution < 1.29 is 13.2 Å². The highest BCUT2D eigenvalue weighted by Crippen LogP contribution is 2.65. The van der Waals surface area contributed by atoms with Gasteiger partial charge in [0.15, 0.2) is 0 Å². The van der Waals surface area contributed by atoms with Crippen molar-refractivity contribution in [3.05, 3.63) is 90.2 Å². The number of benzene rings is 3. The average Bonchev–Trinajstić information content (AvgIpc) is 2.56. The van der Waals surface area contributed by atoms with Crippen LogP contribution in [0.1, 0.15) is 0 Å². The van der Waals surface area contributed by atoms with Crippen molar-refractivity contribution in [3.8, 4) is 0 Å². The molecule has 0 saturated carbocycles. The molecule has 0 spiro atoms. The molecule has 0 atom stereocenters. The summed E-state index contributed by atoms with van der Waals surface area (Å²) in [5, 5.41) is 0.